The van der Waals surface area contributed by atoms with E-state index in [1.54, 1.807) is 0 Å². The van der Waals surface area contributed by atoms with Gasteiger partial charge in [-0.15, -0.1) is 0 Å². The summed E-state index contributed by atoms with van der Waals surface area (Å²) in [5.41, 5.74) is 1.02. The second kappa shape index (κ2) is 8.08. The fourth-order valence-electron chi connectivity index (χ4n) is 1.88. The Labute approximate surface area is 131 Å². The normalized spacial score (nSPS) is 10.3. The highest BCUT2D eigenvalue weighted by molar-refractivity contribution is 5.77. The van der Waals surface area contributed by atoms with Crippen LogP contribution in [-0.2, 0) is 11.3 Å². The Balaban J connectivity index is 1.74. The summed E-state index contributed by atoms with van der Waals surface area (Å²) in [6, 6.07) is 17.0. The van der Waals surface area contributed by atoms with Gasteiger partial charge >= 0.3 is 0 Å². The van der Waals surface area contributed by atoms with Crippen molar-refractivity contribution in [1.82, 2.24) is 5.32 Å². The second-order valence-corrected chi connectivity index (χ2v) is 5.19. The number of carbonyl (C=O) groups is 1. The lowest BCUT2D eigenvalue weighted by atomic mass is 10.2. The maximum absolute atomic E-state index is 11.7. The predicted octanol–water partition coefficient (Wildman–Crippen LogP) is 3.17. The van der Waals surface area contributed by atoms with E-state index < -0.39 is 0 Å². The SMILES string of the molecule is CC(C)Oc1ccc(CNC(=O)COc2ccccc2)cc1. The van der Waals surface area contributed by atoms with Crippen LogP contribution in [0.1, 0.15) is 19.4 Å². The van der Waals surface area contributed by atoms with Crippen molar-refractivity contribution in [3.05, 3.63) is 60.2 Å². The summed E-state index contributed by atoms with van der Waals surface area (Å²) in [4.78, 5) is 11.7. The topological polar surface area (TPSA) is 47.6 Å². The van der Waals surface area contributed by atoms with Gasteiger partial charge in [-0.3, -0.25) is 4.79 Å². The monoisotopic (exact) mass is 299 g/mol. The number of nitrogens with one attached hydrogen (secondary N) is 1. The first-order chi connectivity index (χ1) is 10.6. The van der Waals surface area contributed by atoms with Crippen molar-refractivity contribution in [1.29, 1.82) is 0 Å². The summed E-state index contributed by atoms with van der Waals surface area (Å²) in [5.74, 6) is 1.37. The van der Waals surface area contributed by atoms with Gasteiger partial charge in [0.1, 0.15) is 11.5 Å². The van der Waals surface area contributed by atoms with Crippen molar-refractivity contribution in [2.45, 2.75) is 26.5 Å². The van der Waals surface area contributed by atoms with Gasteiger partial charge < -0.3 is 14.8 Å². The molecule has 0 radical (unpaired) electrons. The largest absolute Gasteiger partial charge is 0.491 e. The molecule has 0 aliphatic heterocycles. The first kappa shape index (κ1) is 15.9. The third-order valence-electron chi connectivity index (χ3n) is 2.90. The molecule has 0 fully saturated rings. The van der Waals surface area contributed by atoms with E-state index in [1.807, 2.05) is 68.4 Å². The van der Waals surface area contributed by atoms with Crippen LogP contribution in [0, 0.1) is 0 Å². The van der Waals surface area contributed by atoms with Crippen molar-refractivity contribution in [3.8, 4) is 11.5 Å². The average molecular weight is 299 g/mol. The molecule has 0 spiro atoms. The van der Waals surface area contributed by atoms with E-state index in [0.29, 0.717) is 12.3 Å². The van der Waals surface area contributed by atoms with Gasteiger partial charge in [0.15, 0.2) is 6.61 Å². The van der Waals surface area contributed by atoms with Crippen LogP contribution >= 0.6 is 0 Å². The molecule has 0 saturated heterocycles. The number of para-hydroxylation sites is 1. The zero-order valence-electron chi connectivity index (χ0n) is 12.9. The number of benzene rings is 2. The number of ether oxygens (including phenoxy) is 2. The summed E-state index contributed by atoms with van der Waals surface area (Å²) >= 11 is 0. The molecule has 0 aliphatic rings. The summed E-state index contributed by atoms with van der Waals surface area (Å²) in [7, 11) is 0. The highest BCUT2D eigenvalue weighted by Gasteiger charge is 2.03. The van der Waals surface area contributed by atoms with Gasteiger partial charge in [-0.05, 0) is 43.7 Å². The molecule has 2 aromatic rings. The van der Waals surface area contributed by atoms with Crippen LogP contribution < -0.4 is 14.8 Å². The van der Waals surface area contributed by atoms with E-state index in [0.717, 1.165) is 11.3 Å². The van der Waals surface area contributed by atoms with Crippen LogP contribution in [0.5, 0.6) is 11.5 Å². The van der Waals surface area contributed by atoms with Crippen molar-refractivity contribution >= 4 is 5.91 Å². The third kappa shape index (κ3) is 5.48. The van der Waals surface area contributed by atoms with Crippen LogP contribution in [0.25, 0.3) is 0 Å². The van der Waals surface area contributed by atoms with E-state index in [1.165, 1.54) is 0 Å². The molecule has 0 bridgehead atoms. The maximum atomic E-state index is 11.7. The first-order valence-corrected chi connectivity index (χ1v) is 7.33. The Morgan fingerprint density at radius 3 is 2.32 bits per heavy atom. The first-order valence-electron chi connectivity index (χ1n) is 7.33. The summed E-state index contributed by atoms with van der Waals surface area (Å²) in [6.45, 7) is 4.46. The molecule has 0 saturated carbocycles. The van der Waals surface area contributed by atoms with Gasteiger partial charge in [-0.25, -0.2) is 0 Å². The molecule has 1 amide bonds. The fourth-order valence-corrected chi connectivity index (χ4v) is 1.88. The molecule has 2 aromatic carbocycles. The van der Waals surface area contributed by atoms with Crippen molar-refractivity contribution in [2.75, 3.05) is 6.61 Å². The summed E-state index contributed by atoms with van der Waals surface area (Å²) in [6.07, 6.45) is 0.153. The lowest BCUT2D eigenvalue weighted by Crippen LogP contribution is -2.28. The molecule has 0 unspecified atom stereocenters. The molecule has 22 heavy (non-hydrogen) atoms. The molecule has 2 rings (SSSR count). The minimum Gasteiger partial charge on any atom is -0.491 e. The van der Waals surface area contributed by atoms with E-state index >= 15 is 0 Å². The van der Waals surface area contributed by atoms with Crippen LogP contribution in [-0.4, -0.2) is 18.6 Å². The van der Waals surface area contributed by atoms with E-state index in [4.69, 9.17) is 9.47 Å². The Morgan fingerprint density at radius 2 is 1.68 bits per heavy atom. The molecule has 1 N–H and O–H groups in total. The van der Waals surface area contributed by atoms with Crippen LogP contribution in [0.4, 0.5) is 0 Å². The lowest BCUT2D eigenvalue weighted by Gasteiger charge is -2.11. The number of hydrogen-bond acceptors (Lipinski definition) is 3. The second-order valence-electron chi connectivity index (χ2n) is 5.19. The summed E-state index contributed by atoms with van der Waals surface area (Å²) < 4.78 is 11.0. The highest BCUT2D eigenvalue weighted by atomic mass is 16.5. The zero-order chi connectivity index (χ0) is 15.8. The van der Waals surface area contributed by atoms with Crippen molar-refractivity contribution in [3.63, 3.8) is 0 Å². The van der Waals surface area contributed by atoms with Gasteiger partial charge in [0, 0.05) is 6.54 Å². The molecular formula is C18H21NO3. The average Bonchev–Trinajstić information content (AvgIpc) is 2.53. The predicted molar refractivity (Wildman–Crippen MR) is 86.0 cm³/mol. The van der Waals surface area contributed by atoms with Gasteiger partial charge in [0.2, 0.25) is 0 Å². The van der Waals surface area contributed by atoms with Gasteiger partial charge in [-0.1, -0.05) is 30.3 Å². The molecule has 4 nitrogen and oxygen atoms in total. The fraction of sp³-hybridized carbons (Fsp3) is 0.278. The highest BCUT2D eigenvalue weighted by Crippen LogP contribution is 2.13. The van der Waals surface area contributed by atoms with Crippen molar-refractivity contribution in [2.24, 2.45) is 0 Å². The summed E-state index contributed by atoms with van der Waals surface area (Å²) in [5, 5.41) is 2.82. The van der Waals surface area contributed by atoms with E-state index in [2.05, 4.69) is 5.32 Å². The Morgan fingerprint density at radius 1 is 1.00 bits per heavy atom. The van der Waals surface area contributed by atoms with Gasteiger partial charge in [0.05, 0.1) is 6.10 Å². The molecular weight excluding hydrogens is 278 g/mol. The minimum atomic E-state index is -0.147. The third-order valence-corrected chi connectivity index (χ3v) is 2.90. The van der Waals surface area contributed by atoms with Crippen LogP contribution in [0.15, 0.2) is 54.6 Å². The molecule has 116 valence electrons. The zero-order valence-corrected chi connectivity index (χ0v) is 12.9. The number of hydrogen-bond donors (Lipinski definition) is 1. The number of carbonyl (C=O) groups excluding carboxylic acids is 1. The maximum Gasteiger partial charge on any atom is 0.258 e. The number of rotatable bonds is 7. The number of amides is 1. The van der Waals surface area contributed by atoms with Gasteiger partial charge in [0.25, 0.3) is 5.91 Å². The van der Waals surface area contributed by atoms with Crippen LogP contribution in [0.3, 0.4) is 0 Å². The Kier molecular flexibility index (Phi) is 5.83. The van der Waals surface area contributed by atoms with Crippen molar-refractivity contribution < 1.29 is 14.3 Å². The van der Waals surface area contributed by atoms with E-state index in [9.17, 15) is 4.79 Å². The molecule has 0 aliphatic carbocycles. The standard InChI is InChI=1S/C18H21NO3/c1-14(2)22-17-10-8-15(9-11-17)12-19-18(20)13-21-16-6-4-3-5-7-16/h3-11,14H,12-13H2,1-2H3,(H,19,20). The molecule has 0 atom stereocenters. The lowest BCUT2D eigenvalue weighted by molar-refractivity contribution is -0.123. The minimum absolute atomic E-state index is 0.0125. The van der Waals surface area contributed by atoms with E-state index in [-0.39, 0.29) is 18.6 Å². The quantitative estimate of drug-likeness (QED) is 0.854. The Bertz CT molecular complexity index is 579. The molecule has 0 aromatic heterocycles. The smallest absolute Gasteiger partial charge is 0.258 e. The van der Waals surface area contributed by atoms with Gasteiger partial charge in [-0.2, -0.15) is 0 Å². The van der Waals surface area contributed by atoms with Crippen LogP contribution in [0.2, 0.25) is 0 Å². The molecule has 4 heteroatoms. The Hall–Kier alpha value is -2.49. The molecule has 0 heterocycles.